The molecule has 0 atom stereocenters. The van der Waals surface area contributed by atoms with Gasteiger partial charge in [0.05, 0.1) is 0 Å². The number of tetrazole rings is 1. The molecule has 2 aromatic rings. The Kier molecular flexibility index (Phi) is 5.54. The third-order valence-corrected chi connectivity index (χ3v) is 4.55. The molecule has 23 heavy (non-hydrogen) atoms. The maximum Gasteiger partial charge on any atom is 0.435 e. The molecule has 0 aromatic carbocycles. The van der Waals surface area contributed by atoms with Crippen LogP contribution in [0.3, 0.4) is 0 Å². The first kappa shape index (κ1) is 17.6. The molecule has 2 rings (SSSR count). The summed E-state index contributed by atoms with van der Waals surface area (Å²) in [6, 6.07) is 0. The quantitative estimate of drug-likeness (QED) is 0.740. The number of aromatic nitrogens is 5. The molecule has 0 saturated heterocycles. The van der Waals surface area contributed by atoms with E-state index in [0.29, 0.717) is 30.9 Å². The number of carboxylic acid groups (broad SMARTS) is 1. The van der Waals surface area contributed by atoms with Crippen molar-refractivity contribution >= 4 is 29.1 Å². The number of halogens is 3. The number of thiazole rings is 1. The van der Waals surface area contributed by atoms with Gasteiger partial charge in [0.25, 0.3) is 0 Å². The Labute approximate surface area is 135 Å². The maximum atomic E-state index is 12.8. The smallest absolute Gasteiger partial charge is 0.435 e. The molecule has 0 radical (unpaired) electrons. The zero-order valence-electron chi connectivity index (χ0n) is 11.6. The predicted molar refractivity (Wildman–Crippen MR) is 72.5 cm³/mol. The second-order valence-electron chi connectivity index (χ2n) is 4.09. The van der Waals surface area contributed by atoms with Crippen molar-refractivity contribution in [1.29, 1.82) is 0 Å². The fraction of sp³-hybridized carbons (Fsp3) is 0.500. The molecule has 13 heteroatoms. The first-order valence-electron chi connectivity index (χ1n) is 6.07. The lowest BCUT2D eigenvalue weighted by molar-refractivity contribution is -0.141. The molecule has 126 valence electrons. The van der Waals surface area contributed by atoms with Crippen molar-refractivity contribution in [1.82, 2.24) is 25.2 Å². The minimum absolute atomic E-state index is 0.0995. The van der Waals surface area contributed by atoms with E-state index in [9.17, 15) is 18.0 Å². The first-order chi connectivity index (χ1) is 10.8. The Morgan fingerprint density at radius 3 is 2.78 bits per heavy atom. The van der Waals surface area contributed by atoms with Crippen LogP contribution >= 0.6 is 23.1 Å². The standard InChI is InChI=1S/C10H10F3N5O3S2/c1-21-4-2-3-18-8(15-16-17-18)23-9-14-6(10(11,12)13)5(22-9)7(19)20/h2-4H2,1H3,(H,19,20). The monoisotopic (exact) mass is 369 g/mol. The molecule has 0 unspecified atom stereocenters. The van der Waals surface area contributed by atoms with E-state index >= 15 is 0 Å². The number of ether oxygens (including phenoxy) is 1. The number of methoxy groups -OCH3 is 1. The number of alkyl halides is 3. The van der Waals surface area contributed by atoms with E-state index in [1.807, 2.05) is 0 Å². The third kappa shape index (κ3) is 4.39. The van der Waals surface area contributed by atoms with Crippen molar-refractivity contribution in [3.05, 3.63) is 10.6 Å². The minimum atomic E-state index is -4.84. The average Bonchev–Trinajstić information content (AvgIpc) is 3.06. The molecule has 0 amide bonds. The largest absolute Gasteiger partial charge is 0.477 e. The van der Waals surface area contributed by atoms with Gasteiger partial charge in [-0.05, 0) is 28.6 Å². The highest BCUT2D eigenvalue weighted by Crippen LogP contribution is 2.38. The lowest BCUT2D eigenvalue weighted by Crippen LogP contribution is -2.11. The van der Waals surface area contributed by atoms with Crippen LogP contribution < -0.4 is 0 Å². The summed E-state index contributed by atoms with van der Waals surface area (Å²) in [5.74, 6) is -1.68. The van der Waals surface area contributed by atoms with Gasteiger partial charge in [-0.25, -0.2) is 14.5 Å². The van der Waals surface area contributed by atoms with Crippen molar-refractivity contribution < 1.29 is 27.8 Å². The summed E-state index contributed by atoms with van der Waals surface area (Å²) in [5.41, 5.74) is -1.42. The SMILES string of the molecule is COCCCn1nnnc1Sc1nc(C(F)(F)F)c(C(=O)O)s1. The van der Waals surface area contributed by atoms with Gasteiger partial charge in [0.15, 0.2) is 10.0 Å². The Hall–Kier alpha value is -1.73. The van der Waals surface area contributed by atoms with Gasteiger partial charge >= 0.3 is 12.1 Å². The Morgan fingerprint density at radius 1 is 1.48 bits per heavy atom. The molecule has 0 aliphatic heterocycles. The molecule has 1 N–H and O–H groups in total. The van der Waals surface area contributed by atoms with Gasteiger partial charge < -0.3 is 9.84 Å². The second kappa shape index (κ2) is 7.23. The first-order valence-corrected chi connectivity index (χ1v) is 7.70. The van der Waals surface area contributed by atoms with Crippen LogP contribution in [0.25, 0.3) is 0 Å². The van der Waals surface area contributed by atoms with Crippen molar-refractivity contribution in [2.45, 2.75) is 28.6 Å². The highest BCUT2D eigenvalue weighted by Gasteiger charge is 2.40. The van der Waals surface area contributed by atoms with Crippen molar-refractivity contribution in [2.75, 3.05) is 13.7 Å². The van der Waals surface area contributed by atoms with Crippen LogP contribution in [0.1, 0.15) is 21.8 Å². The Morgan fingerprint density at radius 2 is 2.22 bits per heavy atom. The van der Waals surface area contributed by atoms with Crippen molar-refractivity contribution in [2.24, 2.45) is 0 Å². The van der Waals surface area contributed by atoms with Crippen LogP contribution in [0.2, 0.25) is 0 Å². The van der Waals surface area contributed by atoms with Gasteiger partial charge in [-0.2, -0.15) is 13.2 Å². The fourth-order valence-corrected chi connectivity index (χ4v) is 3.43. The van der Waals surface area contributed by atoms with Crippen LogP contribution in [-0.2, 0) is 17.5 Å². The number of aryl methyl sites for hydroxylation is 1. The Bertz CT molecular complexity index is 688. The average molecular weight is 369 g/mol. The molecule has 0 saturated carbocycles. The van der Waals surface area contributed by atoms with Crippen LogP contribution in [0.5, 0.6) is 0 Å². The lowest BCUT2D eigenvalue weighted by Gasteiger charge is -2.03. The number of carbonyl (C=O) groups is 1. The summed E-state index contributed by atoms with van der Waals surface area (Å²) in [4.78, 5) is 13.4. The number of nitrogens with zero attached hydrogens (tertiary/aromatic N) is 5. The van der Waals surface area contributed by atoms with Crippen LogP contribution in [0.4, 0.5) is 13.2 Å². The summed E-state index contributed by atoms with van der Waals surface area (Å²) in [5, 5.41) is 20.0. The van der Waals surface area contributed by atoms with Crippen LogP contribution in [0.15, 0.2) is 9.50 Å². The summed E-state index contributed by atoms with van der Waals surface area (Å²) in [6.45, 7) is 0.884. The number of hydrogen-bond acceptors (Lipinski definition) is 8. The fourth-order valence-electron chi connectivity index (χ4n) is 1.53. The van der Waals surface area contributed by atoms with Gasteiger partial charge in [-0.15, -0.1) is 5.10 Å². The Balaban J connectivity index is 2.21. The van der Waals surface area contributed by atoms with E-state index in [1.165, 1.54) is 11.8 Å². The van der Waals surface area contributed by atoms with Gasteiger partial charge in [-0.1, -0.05) is 11.3 Å². The van der Waals surface area contributed by atoms with Crippen LogP contribution in [-0.4, -0.2) is 50.0 Å². The molecule has 8 nitrogen and oxygen atoms in total. The van der Waals surface area contributed by atoms with E-state index in [0.717, 1.165) is 11.8 Å². The zero-order chi connectivity index (χ0) is 17.0. The molecule has 0 bridgehead atoms. The minimum Gasteiger partial charge on any atom is -0.477 e. The number of hydrogen-bond donors (Lipinski definition) is 1. The summed E-state index contributed by atoms with van der Waals surface area (Å²) in [6.07, 6.45) is -4.23. The number of rotatable bonds is 7. The van der Waals surface area contributed by atoms with E-state index in [2.05, 4.69) is 20.5 Å². The van der Waals surface area contributed by atoms with Crippen molar-refractivity contribution in [3.63, 3.8) is 0 Å². The summed E-state index contributed by atoms with van der Waals surface area (Å²) >= 11 is 1.21. The normalized spacial score (nSPS) is 11.8. The third-order valence-electron chi connectivity index (χ3n) is 2.47. The molecule has 0 aliphatic carbocycles. The highest BCUT2D eigenvalue weighted by molar-refractivity contribution is 8.00. The molecule has 0 fully saturated rings. The molecule has 0 spiro atoms. The second-order valence-corrected chi connectivity index (χ2v) is 6.31. The highest BCUT2D eigenvalue weighted by atomic mass is 32.2. The molecule has 2 heterocycles. The van der Waals surface area contributed by atoms with E-state index in [1.54, 1.807) is 0 Å². The zero-order valence-corrected chi connectivity index (χ0v) is 13.2. The molecule has 2 aromatic heterocycles. The van der Waals surface area contributed by atoms with E-state index < -0.39 is 22.7 Å². The topological polar surface area (TPSA) is 103 Å². The molecular formula is C10H10F3N5O3S2. The number of carboxylic acids is 1. The summed E-state index contributed by atoms with van der Waals surface area (Å²) < 4.78 is 44.6. The van der Waals surface area contributed by atoms with E-state index in [-0.39, 0.29) is 9.50 Å². The molecule has 0 aliphatic rings. The van der Waals surface area contributed by atoms with Gasteiger partial charge in [0.1, 0.15) is 4.88 Å². The van der Waals surface area contributed by atoms with E-state index in [4.69, 9.17) is 9.84 Å². The van der Waals surface area contributed by atoms with Gasteiger partial charge in [0.2, 0.25) is 5.16 Å². The van der Waals surface area contributed by atoms with Crippen LogP contribution in [0, 0.1) is 0 Å². The van der Waals surface area contributed by atoms with Gasteiger partial charge in [-0.3, -0.25) is 0 Å². The lowest BCUT2D eigenvalue weighted by atomic mass is 10.3. The summed E-state index contributed by atoms with van der Waals surface area (Å²) in [7, 11) is 1.54. The van der Waals surface area contributed by atoms with Gasteiger partial charge in [0, 0.05) is 20.3 Å². The van der Waals surface area contributed by atoms with Crippen molar-refractivity contribution in [3.8, 4) is 0 Å². The molecular weight excluding hydrogens is 359 g/mol. The predicted octanol–water partition coefficient (Wildman–Crippen LogP) is 2.03. The maximum absolute atomic E-state index is 12.8. The number of aromatic carboxylic acids is 1.